The molecule has 82 valence electrons. The third kappa shape index (κ3) is 2.64. The molecule has 2 N–H and O–H groups in total. The summed E-state index contributed by atoms with van der Waals surface area (Å²) in [6, 6.07) is 1.94. The monoisotopic (exact) mass is 230 g/mol. The molecule has 0 aliphatic heterocycles. The van der Waals surface area contributed by atoms with E-state index in [1.54, 1.807) is 0 Å². The quantitative estimate of drug-likeness (QED) is 0.712. The summed E-state index contributed by atoms with van der Waals surface area (Å²) in [5, 5.41) is 18.0. The molecular formula is C9H13BF2O2Si. The van der Waals surface area contributed by atoms with E-state index in [1.807, 2.05) is 19.6 Å². The number of halogens is 2. The van der Waals surface area contributed by atoms with E-state index in [9.17, 15) is 8.78 Å². The van der Waals surface area contributed by atoms with Gasteiger partial charge in [0.2, 0.25) is 0 Å². The fourth-order valence-electron chi connectivity index (χ4n) is 1.34. The summed E-state index contributed by atoms with van der Waals surface area (Å²) in [4.78, 5) is 0. The SMILES string of the molecule is C[Si](C)(C)c1cc(F)cc(B(O)O)c1F. The molecule has 0 aromatic heterocycles. The second kappa shape index (κ2) is 4.04. The van der Waals surface area contributed by atoms with Crippen molar-refractivity contribution >= 4 is 25.8 Å². The maximum Gasteiger partial charge on any atom is 0.491 e. The molecule has 0 fully saturated rings. The molecule has 15 heavy (non-hydrogen) atoms. The fraction of sp³-hybridized carbons (Fsp3) is 0.333. The van der Waals surface area contributed by atoms with Crippen molar-refractivity contribution in [2.45, 2.75) is 19.6 Å². The summed E-state index contributed by atoms with van der Waals surface area (Å²) >= 11 is 0. The zero-order chi connectivity index (χ0) is 11.8. The van der Waals surface area contributed by atoms with Gasteiger partial charge in [-0.05, 0) is 17.3 Å². The van der Waals surface area contributed by atoms with Crippen LogP contribution in [0.25, 0.3) is 0 Å². The molecule has 6 heteroatoms. The van der Waals surface area contributed by atoms with Crippen molar-refractivity contribution in [3.63, 3.8) is 0 Å². The van der Waals surface area contributed by atoms with Crippen LogP contribution in [0.1, 0.15) is 0 Å². The zero-order valence-electron chi connectivity index (χ0n) is 8.88. The topological polar surface area (TPSA) is 40.5 Å². The van der Waals surface area contributed by atoms with Crippen LogP contribution in [0.3, 0.4) is 0 Å². The molecule has 0 radical (unpaired) electrons. The molecule has 0 unspecified atom stereocenters. The second-order valence-electron chi connectivity index (χ2n) is 4.48. The van der Waals surface area contributed by atoms with Gasteiger partial charge in [-0.3, -0.25) is 0 Å². The van der Waals surface area contributed by atoms with Crippen molar-refractivity contribution in [3.05, 3.63) is 23.8 Å². The number of benzene rings is 1. The van der Waals surface area contributed by atoms with Gasteiger partial charge < -0.3 is 10.0 Å². The summed E-state index contributed by atoms with van der Waals surface area (Å²) in [6.07, 6.45) is 0. The van der Waals surface area contributed by atoms with Crippen LogP contribution >= 0.6 is 0 Å². The Labute approximate surface area is 88.7 Å². The van der Waals surface area contributed by atoms with Crippen molar-refractivity contribution in [1.29, 1.82) is 0 Å². The van der Waals surface area contributed by atoms with Crippen LogP contribution in [0.4, 0.5) is 8.78 Å². The minimum absolute atomic E-state index is 0.269. The summed E-state index contributed by atoms with van der Waals surface area (Å²) in [5.74, 6) is -1.34. The minimum Gasteiger partial charge on any atom is -0.423 e. The van der Waals surface area contributed by atoms with E-state index in [0.29, 0.717) is 0 Å². The molecule has 1 aromatic carbocycles. The van der Waals surface area contributed by atoms with Gasteiger partial charge in [0.05, 0.1) is 8.07 Å². The highest BCUT2D eigenvalue weighted by atomic mass is 28.3. The van der Waals surface area contributed by atoms with Gasteiger partial charge in [0, 0.05) is 5.46 Å². The maximum absolute atomic E-state index is 13.7. The second-order valence-corrected chi connectivity index (χ2v) is 9.52. The van der Waals surface area contributed by atoms with Gasteiger partial charge in [0.1, 0.15) is 11.6 Å². The van der Waals surface area contributed by atoms with Crippen LogP contribution < -0.4 is 10.6 Å². The number of rotatable bonds is 2. The molecule has 0 saturated carbocycles. The van der Waals surface area contributed by atoms with Crippen LogP contribution in [-0.2, 0) is 0 Å². The summed E-state index contributed by atoms with van der Waals surface area (Å²) in [5.41, 5.74) is -0.396. The predicted molar refractivity (Wildman–Crippen MR) is 59.2 cm³/mol. The molecular weight excluding hydrogens is 217 g/mol. The van der Waals surface area contributed by atoms with Crippen LogP contribution in [-0.4, -0.2) is 25.2 Å². The Hall–Kier alpha value is -0.718. The molecule has 0 saturated heterocycles. The lowest BCUT2D eigenvalue weighted by Crippen LogP contribution is -2.46. The van der Waals surface area contributed by atoms with Gasteiger partial charge in [0.25, 0.3) is 0 Å². The highest BCUT2D eigenvalue weighted by Gasteiger charge is 2.27. The fourth-order valence-corrected chi connectivity index (χ4v) is 2.72. The first-order chi connectivity index (χ1) is 6.73. The summed E-state index contributed by atoms with van der Waals surface area (Å²) in [6.45, 7) is 5.58. The first kappa shape index (κ1) is 12.4. The van der Waals surface area contributed by atoms with Crippen molar-refractivity contribution in [3.8, 4) is 0 Å². The van der Waals surface area contributed by atoms with Gasteiger partial charge in [0.15, 0.2) is 0 Å². The molecule has 0 heterocycles. The zero-order valence-corrected chi connectivity index (χ0v) is 9.88. The van der Waals surface area contributed by atoms with E-state index in [1.165, 1.54) is 0 Å². The van der Waals surface area contributed by atoms with E-state index in [-0.39, 0.29) is 5.19 Å². The van der Waals surface area contributed by atoms with E-state index < -0.39 is 32.3 Å². The molecule has 2 nitrogen and oxygen atoms in total. The van der Waals surface area contributed by atoms with Gasteiger partial charge in [-0.1, -0.05) is 19.6 Å². The van der Waals surface area contributed by atoms with Crippen molar-refractivity contribution < 1.29 is 18.8 Å². The molecule has 0 amide bonds. The molecule has 0 spiro atoms. The first-order valence-corrected chi connectivity index (χ1v) is 8.09. The first-order valence-electron chi connectivity index (χ1n) is 4.59. The number of hydrogen-bond donors (Lipinski definition) is 2. The van der Waals surface area contributed by atoms with Crippen molar-refractivity contribution in [2.75, 3.05) is 0 Å². The van der Waals surface area contributed by atoms with Crippen LogP contribution in [0.15, 0.2) is 12.1 Å². The van der Waals surface area contributed by atoms with E-state index in [2.05, 4.69) is 0 Å². The largest absolute Gasteiger partial charge is 0.491 e. The molecule has 0 atom stereocenters. The third-order valence-electron chi connectivity index (χ3n) is 2.15. The number of hydrogen-bond acceptors (Lipinski definition) is 2. The molecule has 1 aromatic rings. The highest BCUT2D eigenvalue weighted by Crippen LogP contribution is 2.07. The van der Waals surface area contributed by atoms with Crippen molar-refractivity contribution in [2.24, 2.45) is 0 Å². The van der Waals surface area contributed by atoms with Crippen LogP contribution in [0.5, 0.6) is 0 Å². The average Bonchev–Trinajstić information content (AvgIpc) is 2.06. The van der Waals surface area contributed by atoms with Gasteiger partial charge in [-0.25, -0.2) is 8.78 Å². The lowest BCUT2D eigenvalue weighted by atomic mass is 9.80. The molecule has 1 rings (SSSR count). The van der Waals surface area contributed by atoms with E-state index in [4.69, 9.17) is 10.0 Å². The van der Waals surface area contributed by atoms with Crippen molar-refractivity contribution in [1.82, 2.24) is 0 Å². The molecule has 0 aliphatic carbocycles. The van der Waals surface area contributed by atoms with E-state index >= 15 is 0 Å². The Balaban J connectivity index is 3.42. The third-order valence-corrected chi connectivity index (χ3v) is 4.13. The summed E-state index contributed by atoms with van der Waals surface area (Å²) < 4.78 is 26.9. The molecule has 0 aliphatic rings. The van der Waals surface area contributed by atoms with Gasteiger partial charge in [-0.15, -0.1) is 0 Å². The lowest BCUT2D eigenvalue weighted by Gasteiger charge is -2.19. The standard InChI is InChI=1S/C9H13BF2O2Si/c1-15(2,3)8-5-6(11)4-7(9(8)12)10(13)14/h4-5,13-14H,1-3H3. The predicted octanol–water partition coefficient (Wildman–Crippen LogP) is 0.190. The minimum atomic E-state index is -2.02. The van der Waals surface area contributed by atoms with Gasteiger partial charge in [-0.2, -0.15) is 0 Å². The Morgan fingerprint density at radius 2 is 1.67 bits per heavy atom. The Morgan fingerprint density at radius 3 is 2.07 bits per heavy atom. The Kier molecular flexibility index (Phi) is 3.32. The van der Waals surface area contributed by atoms with Gasteiger partial charge >= 0.3 is 7.12 Å². The lowest BCUT2D eigenvalue weighted by molar-refractivity contribution is 0.422. The Morgan fingerprint density at radius 1 is 1.13 bits per heavy atom. The average molecular weight is 230 g/mol. The summed E-state index contributed by atoms with van der Waals surface area (Å²) in [7, 11) is -4.00. The highest BCUT2D eigenvalue weighted by molar-refractivity contribution is 6.89. The van der Waals surface area contributed by atoms with Crippen LogP contribution in [0, 0.1) is 11.6 Å². The smallest absolute Gasteiger partial charge is 0.423 e. The van der Waals surface area contributed by atoms with E-state index in [0.717, 1.165) is 12.1 Å². The maximum atomic E-state index is 13.7. The molecule has 0 bridgehead atoms. The Bertz CT molecular complexity index is 377. The van der Waals surface area contributed by atoms with Crippen LogP contribution in [0.2, 0.25) is 19.6 Å². The normalized spacial score (nSPS) is 11.7.